The SMILES string of the molecule is N#CCc1c(N)cc(C#N)cc1Cl. The van der Waals surface area contributed by atoms with Crippen LogP contribution < -0.4 is 5.73 Å². The van der Waals surface area contributed by atoms with Crippen LogP contribution in [0.15, 0.2) is 12.1 Å². The van der Waals surface area contributed by atoms with Crippen LogP contribution in [-0.4, -0.2) is 0 Å². The summed E-state index contributed by atoms with van der Waals surface area (Å²) in [6.07, 6.45) is 0.163. The third kappa shape index (κ3) is 1.90. The molecule has 3 nitrogen and oxygen atoms in total. The molecule has 0 aliphatic heterocycles. The lowest BCUT2D eigenvalue weighted by molar-refractivity contribution is 1.26. The molecule has 0 atom stereocenters. The van der Waals surface area contributed by atoms with E-state index in [-0.39, 0.29) is 6.42 Å². The van der Waals surface area contributed by atoms with E-state index in [4.69, 9.17) is 27.9 Å². The smallest absolute Gasteiger partial charge is 0.0992 e. The van der Waals surface area contributed by atoms with Gasteiger partial charge in [-0.2, -0.15) is 10.5 Å². The molecule has 0 amide bonds. The molecule has 0 heterocycles. The quantitative estimate of drug-likeness (QED) is 0.689. The van der Waals surface area contributed by atoms with Gasteiger partial charge in [0.25, 0.3) is 0 Å². The molecule has 0 saturated carbocycles. The summed E-state index contributed by atoms with van der Waals surface area (Å²) in [5, 5.41) is 17.4. The molecule has 0 radical (unpaired) electrons. The minimum Gasteiger partial charge on any atom is -0.398 e. The van der Waals surface area contributed by atoms with Crippen LogP contribution >= 0.6 is 11.6 Å². The lowest BCUT2D eigenvalue weighted by atomic mass is 10.1. The number of nitrogens with two attached hydrogens (primary N) is 1. The number of nitrogen functional groups attached to an aromatic ring is 1. The summed E-state index contributed by atoms with van der Waals surface area (Å²) in [6.45, 7) is 0. The monoisotopic (exact) mass is 191 g/mol. The van der Waals surface area contributed by atoms with E-state index in [2.05, 4.69) is 0 Å². The highest BCUT2D eigenvalue weighted by atomic mass is 35.5. The molecule has 0 aliphatic rings. The number of hydrogen-bond acceptors (Lipinski definition) is 3. The minimum atomic E-state index is 0.163. The van der Waals surface area contributed by atoms with E-state index in [0.29, 0.717) is 21.8 Å². The number of nitriles is 2. The van der Waals surface area contributed by atoms with Crippen LogP contribution in [0.3, 0.4) is 0 Å². The number of halogens is 1. The lowest BCUT2D eigenvalue weighted by Crippen LogP contribution is -1.95. The van der Waals surface area contributed by atoms with Gasteiger partial charge in [-0.05, 0) is 12.1 Å². The maximum absolute atomic E-state index is 8.58. The fraction of sp³-hybridized carbons (Fsp3) is 0.111. The van der Waals surface area contributed by atoms with Gasteiger partial charge in [0, 0.05) is 16.3 Å². The van der Waals surface area contributed by atoms with Crippen molar-refractivity contribution in [1.29, 1.82) is 10.5 Å². The van der Waals surface area contributed by atoms with E-state index in [9.17, 15) is 0 Å². The Morgan fingerprint density at radius 1 is 1.38 bits per heavy atom. The summed E-state index contributed by atoms with van der Waals surface area (Å²) in [4.78, 5) is 0. The maximum atomic E-state index is 8.58. The van der Waals surface area contributed by atoms with Crippen molar-refractivity contribution in [1.82, 2.24) is 0 Å². The molecule has 1 aromatic carbocycles. The van der Waals surface area contributed by atoms with Crippen LogP contribution in [0.5, 0.6) is 0 Å². The van der Waals surface area contributed by atoms with E-state index >= 15 is 0 Å². The number of anilines is 1. The summed E-state index contributed by atoms with van der Waals surface area (Å²) in [7, 11) is 0. The summed E-state index contributed by atoms with van der Waals surface area (Å²) in [6, 6.07) is 6.90. The molecule has 0 aliphatic carbocycles. The Balaban J connectivity index is 3.26. The van der Waals surface area contributed by atoms with Crippen LogP contribution in [0.2, 0.25) is 5.02 Å². The number of nitrogens with zero attached hydrogens (tertiary/aromatic N) is 2. The average Bonchev–Trinajstić information content (AvgIpc) is 2.11. The van der Waals surface area contributed by atoms with Gasteiger partial charge in [-0.15, -0.1) is 0 Å². The van der Waals surface area contributed by atoms with Gasteiger partial charge in [0.2, 0.25) is 0 Å². The van der Waals surface area contributed by atoms with Crippen molar-refractivity contribution < 1.29 is 0 Å². The second-order valence-electron chi connectivity index (χ2n) is 2.47. The molecule has 0 fully saturated rings. The van der Waals surface area contributed by atoms with Crippen molar-refractivity contribution >= 4 is 17.3 Å². The first-order chi connectivity index (χ1) is 6.19. The normalized spacial score (nSPS) is 8.85. The Morgan fingerprint density at radius 3 is 2.54 bits per heavy atom. The predicted molar refractivity (Wildman–Crippen MR) is 49.9 cm³/mol. The number of benzene rings is 1. The van der Waals surface area contributed by atoms with Crippen molar-refractivity contribution in [3.05, 3.63) is 28.3 Å². The third-order valence-corrected chi connectivity index (χ3v) is 1.95. The predicted octanol–water partition coefficient (Wildman–Crippen LogP) is 1.86. The fourth-order valence-corrected chi connectivity index (χ4v) is 1.28. The van der Waals surface area contributed by atoms with Gasteiger partial charge < -0.3 is 5.73 Å². The van der Waals surface area contributed by atoms with Crippen molar-refractivity contribution in [2.45, 2.75) is 6.42 Å². The van der Waals surface area contributed by atoms with Gasteiger partial charge in [-0.3, -0.25) is 0 Å². The molecule has 64 valence electrons. The van der Waals surface area contributed by atoms with Gasteiger partial charge in [-0.25, -0.2) is 0 Å². The Hall–Kier alpha value is -1.71. The molecule has 0 bridgehead atoms. The van der Waals surface area contributed by atoms with E-state index < -0.39 is 0 Å². The molecule has 1 rings (SSSR count). The third-order valence-electron chi connectivity index (χ3n) is 1.61. The Bertz CT molecular complexity index is 389. The molecule has 1 aromatic rings. The zero-order valence-electron chi connectivity index (χ0n) is 6.71. The summed E-state index contributed by atoms with van der Waals surface area (Å²) < 4.78 is 0. The largest absolute Gasteiger partial charge is 0.398 e. The molecule has 0 aromatic heterocycles. The zero-order chi connectivity index (χ0) is 9.84. The molecule has 13 heavy (non-hydrogen) atoms. The van der Waals surface area contributed by atoms with Crippen molar-refractivity contribution in [2.75, 3.05) is 5.73 Å². The van der Waals surface area contributed by atoms with Gasteiger partial charge in [0.05, 0.1) is 24.1 Å². The van der Waals surface area contributed by atoms with Gasteiger partial charge >= 0.3 is 0 Å². The van der Waals surface area contributed by atoms with Gasteiger partial charge in [0.1, 0.15) is 0 Å². The second kappa shape index (κ2) is 3.80. The first-order valence-corrected chi connectivity index (χ1v) is 3.91. The van der Waals surface area contributed by atoms with Crippen molar-refractivity contribution in [3.8, 4) is 12.1 Å². The van der Waals surface area contributed by atoms with Crippen LogP contribution in [0.1, 0.15) is 11.1 Å². The molecule has 2 N–H and O–H groups in total. The summed E-state index contributed by atoms with van der Waals surface area (Å²) in [5.74, 6) is 0. The van der Waals surface area contributed by atoms with Crippen LogP contribution in [0.4, 0.5) is 5.69 Å². The molecule has 0 unspecified atom stereocenters. The van der Waals surface area contributed by atoms with Crippen LogP contribution in [0.25, 0.3) is 0 Å². The first-order valence-electron chi connectivity index (χ1n) is 3.54. The average molecular weight is 192 g/mol. The standard InChI is InChI=1S/C9H6ClN3/c10-8-3-6(5-12)4-9(13)7(8)1-2-11/h3-4H,1,13H2. The Kier molecular flexibility index (Phi) is 2.74. The number of rotatable bonds is 1. The van der Waals surface area contributed by atoms with Gasteiger partial charge in [-0.1, -0.05) is 11.6 Å². The molecule has 0 spiro atoms. The Labute approximate surface area is 81.0 Å². The van der Waals surface area contributed by atoms with E-state index in [1.54, 1.807) is 0 Å². The topological polar surface area (TPSA) is 73.6 Å². The summed E-state index contributed by atoms with van der Waals surface area (Å²) in [5.41, 5.74) is 6.98. The van der Waals surface area contributed by atoms with Crippen LogP contribution in [0, 0.1) is 22.7 Å². The maximum Gasteiger partial charge on any atom is 0.0992 e. The van der Waals surface area contributed by atoms with E-state index in [0.717, 1.165) is 0 Å². The highest BCUT2D eigenvalue weighted by Crippen LogP contribution is 2.24. The fourth-order valence-electron chi connectivity index (χ4n) is 0.988. The number of hydrogen-bond donors (Lipinski definition) is 1. The zero-order valence-corrected chi connectivity index (χ0v) is 7.47. The molecule has 0 saturated heterocycles. The minimum absolute atomic E-state index is 0.163. The summed E-state index contributed by atoms with van der Waals surface area (Å²) >= 11 is 5.81. The van der Waals surface area contributed by atoms with Crippen LogP contribution in [-0.2, 0) is 6.42 Å². The second-order valence-corrected chi connectivity index (χ2v) is 2.88. The van der Waals surface area contributed by atoms with Crippen molar-refractivity contribution in [3.63, 3.8) is 0 Å². The molecular formula is C9H6ClN3. The lowest BCUT2D eigenvalue weighted by Gasteiger charge is -2.03. The Morgan fingerprint density at radius 2 is 2.08 bits per heavy atom. The highest BCUT2D eigenvalue weighted by molar-refractivity contribution is 6.31. The van der Waals surface area contributed by atoms with Crippen molar-refractivity contribution in [2.24, 2.45) is 0 Å². The molecule has 4 heteroatoms. The highest BCUT2D eigenvalue weighted by Gasteiger charge is 2.06. The van der Waals surface area contributed by atoms with E-state index in [1.165, 1.54) is 12.1 Å². The first kappa shape index (κ1) is 9.38. The molecular weight excluding hydrogens is 186 g/mol. The van der Waals surface area contributed by atoms with Gasteiger partial charge in [0.15, 0.2) is 0 Å². The van der Waals surface area contributed by atoms with E-state index in [1.807, 2.05) is 12.1 Å².